The van der Waals surface area contributed by atoms with Crippen LogP contribution in [0.2, 0.25) is 0 Å². The Morgan fingerprint density at radius 1 is 0.667 bits per heavy atom. The number of hydrogen-bond donors (Lipinski definition) is 0. The van der Waals surface area contributed by atoms with Gasteiger partial charge in [0.15, 0.2) is 0 Å². The Labute approximate surface area is 120 Å². The molecule has 0 saturated carbocycles. The minimum absolute atomic E-state index is 0.207. The van der Waals surface area contributed by atoms with Crippen molar-refractivity contribution in [3.63, 3.8) is 0 Å². The third-order valence-corrected chi connectivity index (χ3v) is 3.64. The maximum atomic E-state index is 11.8. The first-order valence-corrected chi connectivity index (χ1v) is 6.54. The van der Waals surface area contributed by atoms with E-state index < -0.39 is 16.3 Å². The SMILES string of the molecule is CN(C)c1ccc(-c2ccc3c(=O)c(=O)c(=O)c3c2)cc1. The van der Waals surface area contributed by atoms with Crippen molar-refractivity contribution in [3.8, 4) is 11.1 Å². The molecular formula is C17H13NO3. The van der Waals surface area contributed by atoms with Gasteiger partial charge in [-0.25, -0.2) is 0 Å². The second kappa shape index (κ2) is 4.66. The van der Waals surface area contributed by atoms with Crippen LogP contribution in [0.1, 0.15) is 0 Å². The Morgan fingerprint density at radius 3 is 1.86 bits per heavy atom. The quantitative estimate of drug-likeness (QED) is 0.668. The highest BCUT2D eigenvalue weighted by Gasteiger charge is 2.12. The van der Waals surface area contributed by atoms with Gasteiger partial charge in [0.25, 0.3) is 5.43 Å². The molecule has 0 fully saturated rings. The van der Waals surface area contributed by atoms with E-state index in [2.05, 4.69) is 0 Å². The molecule has 0 N–H and O–H groups in total. The van der Waals surface area contributed by atoms with Crippen molar-refractivity contribution in [1.82, 2.24) is 0 Å². The smallest absolute Gasteiger partial charge is 0.273 e. The number of anilines is 1. The van der Waals surface area contributed by atoms with E-state index in [4.69, 9.17) is 0 Å². The van der Waals surface area contributed by atoms with Crippen molar-refractivity contribution >= 4 is 16.5 Å². The molecule has 0 aliphatic carbocycles. The molecule has 0 spiro atoms. The lowest BCUT2D eigenvalue weighted by atomic mass is 10.0. The molecule has 104 valence electrons. The molecule has 0 heterocycles. The zero-order valence-electron chi connectivity index (χ0n) is 11.7. The predicted molar refractivity (Wildman–Crippen MR) is 84.9 cm³/mol. The van der Waals surface area contributed by atoms with Crippen LogP contribution in [0, 0.1) is 0 Å². The molecular weight excluding hydrogens is 266 g/mol. The van der Waals surface area contributed by atoms with Crippen molar-refractivity contribution in [2.24, 2.45) is 0 Å². The van der Waals surface area contributed by atoms with E-state index in [0.717, 1.165) is 16.8 Å². The summed E-state index contributed by atoms with van der Waals surface area (Å²) in [5.41, 5.74) is 0.468. The van der Waals surface area contributed by atoms with Crippen LogP contribution in [0.25, 0.3) is 21.9 Å². The largest absolute Gasteiger partial charge is 0.378 e. The number of nitrogens with zero attached hydrogens (tertiary/aromatic N) is 1. The summed E-state index contributed by atoms with van der Waals surface area (Å²) in [6.07, 6.45) is 0. The fourth-order valence-corrected chi connectivity index (χ4v) is 2.41. The Hall–Kier alpha value is -2.75. The van der Waals surface area contributed by atoms with Crippen LogP contribution < -0.4 is 21.2 Å². The van der Waals surface area contributed by atoms with Crippen LogP contribution in [0.4, 0.5) is 5.69 Å². The van der Waals surface area contributed by atoms with E-state index in [1.54, 1.807) is 18.2 Å². The van der Waals surface area contributed by atoms with Crippen LogP contribution in [0.3, 0.4) is 0 Å². The maximum Gasteiger partial charge on any atom is 0.273 e. The molecule has 0 aromatic heterocycles. The third kappa shape index (κ3) is 2.05. The highest BCUT2D eigenvalue weighted by atomic mass is 16.2. The summed E-state index contributed by atoms with van der Waals surface area (Å²) < 4.78 is 0. The van der Waals surface area contributed by atoms with Gasteiger partial charge < -0.3 is 4.90 Å². The summed E-state index contributed by atoms with van der Waals surface area (Å²) >= 11 is 0. The van der Waals surface area contributed by atoms with Gasteiger partial charge >= 0.3 is 0 Å². The van der Waals surface area contributed by atoms with Crippen molar-refractivity contribution in [3.05, 3.63) is 73.1 Å². The number of rotatable bonds is 2. The van der Waals surface area contributed by atoms with Crippen LogP contribution in [0.15, 0.2) is 56.8 Å². The van der Waals surface area contributed by atoms with Crippen LogP contribution in [-0.2, 0) is 0 Å². The standard InChI is InChI=1S/C17H13NO3/c1-18(2)12-6-3-10(4-7-12)11-5-8-13-14(9-11)16(20)17(21)15(13)19/h3-9H,1-2H3. The molecule has 0 saturated heterocycles. The molecule has 4 nitrogen and oxygen atoms in total. The third-order valence-electron chi connectivity index (χ3n) is 3.64. The molecule has 0 aliphatic rings. The molecule has 0 atom stereocenters. The number of benzene rings is 2. The summed E-state index contributed by atoms with van der Waals surface area (Å²) in [7, 11) is 3.92. The van der Waals surface area contributed by atoms with Gasteiger partial charge in [0, 0.05) is 30.6 Å². The first-order chi connectivity index (χ1) is 9.99. The minimum Gasteiger partial charge on any atom is -0.378 e. The second-order valence-electron chi connectivity index (χ2n) is 5.19. The topological polar surface area (TPSA) is 54.5 Å². The zero-order chi connectivity index (χ0) is 15.1. The summed E-state index contributed by atoms with van der Waals surface area (Å²) in [5, 5.41) is 0.415. The highest BCUT2D eigenvalue weighted by molar-refractivity contribution is 5.88. The van der Waals surface area contributed by atoms with Gasteiger partial charge in [-0.2, -0.15) is 0 Å². The first kappa shape index (κ1) is 13.2. The molecule has 0 unspecified atom stereocenters. The Balaban J connectivity index is 2.17. The first-order valence-electron chi connectivity index (χ1n) is 6.54. The van der Waals surface area contributed by atoms with Crippen LogP contribution in [0.5, 0.6) is 0 Å². The number of hydrogen-bond acceptors (Lipinski definition) is 4. The predicted octanol–water partition coefficient (Wildman–Crippen LogP) is 1.53. The summed E-state index contributed by atoms with van der Waals surface area (Å²) in [5.74, 6) is 0. The van der Waals surface area contributed by atoms with E-state index in [1.807, 2.05) is 43.3 Å². The molecule has 3 aromatic carbocycles. The Kier molecular flexibility index (Phi) is 2.94. The summed E-state index contributed by atoms with van der Waals surface area (Å²) in [6.45, 7) is 0. The fraction of sp³-hybridized carbons (Fsp3) is 0.118. The molecule has 21 heavy (non-hydrogen) atoms. The molecule has 0 amide bonds. The average Bonchev–Trinajstić information content (AvgIpc) is 2.72. The van der Waals surface area contributed by atoms with Gasteiger partial charge in [0.1, 0.15) is 0 Å². The lowest BCUT2D eigenvalue weighted by Crippen LogP contribution is -2.29. The molecule has 4 heteroatoms. The lowest BCUT2D eigenvalue weighted by molar-refractivity contribution is 1.13. The second-order valence-corrected chi connectivity index (χ2v) is 5.19. The van der Waals surface area contributed by atoms with Gasteiger partial charge in [0.2, 0.25) is 10.9 Å². The molecule has 0 radical (unpaired) electrons. The molecule has 3 rings (SSSR count). The Morgan fingerprint density at radius 2 is 1.24 bits per heavy atom. The van der Waals surface area contributed by atoms with Crippen LogP contribution in [-0.4, -0.2) is 14.1 Å². The maximum absolute atomic E-state index is 11.8. The summed E-state index contributed by atoms with van der Waals surface area (Å²) in [4.78, 5) is 36.8. The Bertz CT molecular complexity index is 962. The van der Waals surface area contributed by atoms with Crippen molar-refractivity contribution < 1.29 is 0 Å². The average molecular weight is 279 g/mol. The van der Waals surface area contributed by atoms with Gasteiger partial charge in [-0.3, -0.25) is 14.4 Å². The minimum atomic E-state index is -0.940. The van der Waals surface area contributed by atoms with E-state index in [0.29, 0.717) is 0 Å². The van der Waals surface area contributed by atoms with Gasteiger partial charge in [-0.1, -0.05) is 18.2 Å². The van der Waals surface area contributed by atoms with Crippen LogP contribution >= 0.6 is 0 Å². The molecule has 3 aromatic rings. The fourth-order valence-electron chi connectivity index (χ4n) is 2.41. The van der Waals surface area contributed by atoms with E-state index in [9.17, 15) is 14.4 Å². The van der Waals surface area contributed by atoms with Crippen molar-refractivity contribution in [1.29, 1.82) is 0 Å². The molecule has 0 bridgehead atoms. The van der Waals surface area contributed by atoms with Gasteiger partial charge in [-0.05, 0) is 35.4 Å². The number of fused-ring (bicyclic) bond motifs is 1. The van der Waals surface area contributed by atoms with E-state index in [-0.39, 0.29) is 10.8 Å². The van der Waals surface area contributed by atoms with E-state index >= 15 is 0 Å². The molecule has 0 aliphatic heterocycles. The summed E-state index contributed by atoms with van der Waals surface area (Å²) in [6, 6.07) is 12.8. The monoisotopic (exact) mass is 279 g/mol. The van der Waals surface area contributed by atoms with Crippen molar-refractivity contribution in [2.75, 3.05) is 19.0 Å². The van der Waals surface area contributed by atoms with Gasteiger partial charge in [-0.15, -0.1) is 0 Å². The lowest BCUT2D eigenvalue weighted by Gasteiger charge is -2.12. The normalized spacial score (nSPS) is 11.0. The van der Waals surface area contributed by atoms with E-state index in [1.165, 1.54) is 0 Å². The van der Waals surface area contributed by atoms with Crippen molar-refractivity contribution in [2.45, 2.75) is 0 Å². The van der Waals surface area contributed by atoms with Gasteiger partial charge in [0.05, 0.1) is 0 Å². The highest BCUT2D eigenvalue weighted by Crippen LogP contribution is 2.24. The zero-order valence-corrected chi connectivity index (χ0v) is 11.7.